The number of carbonyl (C=O) groups excluding carboxylic acids is 3. The van der Waals surface area contributed by atoms with E-state index in [1.165, 1.54) is 6.08 Å². The van der Waals surface area contributed by atoms with Gasteiger partial charge in [0.15, 0.2) is 0 Å². The highest BCUT2D eigenvalue weighted by Crippen LogP contribution is 2.30. The summed E-state index contributed by atoms with van der Waals surface area (Å²) < 4.78 is 5.54. The van der Waals surface area contributed by atoms with Gasteiger partial charge in [0.25, 0.3) is 0 Å². The van der Waals surface area contributed by atoms with Crippen molar-refractivity contribution in [1.82, 2.24) is 10.2 Å². The van der Waals surface area contributed by atoms with Gasteiger partial charge in [-0.1, -0.05) is 18.7 Å². The van der Waals surface area contributed by atoms with E-state index >= 15 is 0 Å². The molecule has 7 nitrogen and oxygen atoms in total. The van der Waals surface area contributed by atoms with Crippen LogP contribution in [0.1, 0.15) is 12.8 Å². The molecule has 0 atom stereocenters. The van der Waals surface area contributed by atoms with Crippen molar-refractivity contribution in [1.29, 1.82) is 0 Å². The minimum Gasteiger partial charge on any atom is -0.490 e. The Labute approximate surface area is 152 Å². The van der Waals surface area contributed by atoms with Crippen molar-refractivity contribution in [3.05, 3.63) is 36.9 Å². The fraction of sp³-hybridized carbons (Fsp3) is 0.421. The highest BCUT2D eigenvalue weighted by atomic mass is 16.5. The number of anilines is 1. The smallest absolute Gasteiger partial charge is 0.246 e. The summed E-state index contributed by atoms with van der Waals surface area (Å²) in [4.78, 5) is 39.8. The number of likely N-dealkylation sites (tertiary alicyclic amines) is 1. The van der Waals surface area contributed by atoms with Crippen LogP contribution >= 0.6 is 0 Å². The molecular weight excluding hydrogens is 334 g/mol. The van der Waals surface area contributed by atoms with Crippen LogP contribution in [0.2, 0.25) is 0 Å². The lowest BCUT2D eigenvalue weighted by Gasteiger charge is -2.31. The Kier molecular flexibility index (Phi) is 5.55. The predicted octanol–water partition coefficient (Wildman–Crippen LogP) is 0.953. The Balaban J connectivity index is 1.50. The molecule has 0 aromatic heterocycles. The van der Waals surface area contributed by atoms with Gasteiger partial charge in [-0.2, -0.15) is 0 Å². The number of carbonyl (C=O) groups is 3. The molecule has 0 saturated carbocycles. The SMILES string of the molecule is C=CC(=O)N1CCC(C(=O)NCC(=O)N2CCOc3ccccc32)CC1. The third kappa shape index (κ3) is 3.87. The summed E-state index contributed by atoms with van der Waals surface area (Å²) in [7, 11) is 0. The molecule has 1 aromatic rings. The molecular formula is C19H23N3O4. The standard InChI is InChI=1S/C19H23N3O4/c1-2-17(23)21-9-7-14(8-10-21)19(25)20-13-18(24)22-11-12-26-16-6-4-3-5-15(16)22/h2-6,14H,1,7-13H2,(H,20,25). The predicted molar refractivity (Wildman–Crippen MR) is 96.8 cm³/mol. The van der Waals surface area contributed by atoms with Crippen molar-refractivity contribution in [3.63, 3.8) is 0 Å². The number of rotatable bonds is 4. The van der Waals surface area contributed by atoms with Crippen LogP contribution in [0.5, 0.6) is 5.75 Å². The monoisotopic (exact) mass is 357 g/mol. The van der Waals surface area contributed by atoms with E-state index in [0.29, 0.717) is 44.8 Å². The molecule has 0 spiro atoms. The van der Waals surface area contributed by atoms with Crippen molar-refractivity contribution in [3.8, 4) is 5.75 Å². The van der Waals surface area contributed by atoms with E-state index in [4.69, 9.17) is 4.74 Å². The number of hydrogen-bond donors (Lipinski definition) is 1. The summed E-state index contributed by atoms with van der Waals surface area (Å²) in [5.74, 6) is 0.107. The van der Waals surface area contributed by atoms with E-state index in [1.54, 1.807) is 9.80 Å². The molecule has 7 heteroatoms. The number of nitrogens with zero attached hydrogens (tertiary/aromatic N) is 2. The molecule has 0 bridgehead atoms. The average Bonchev–Trinajstić information content (AvgIpc) is 2.70. The molecule has 1 aromatic carbocycles. The fourth-order valence-electron chi connectivity index (χ4n) is 3.32. The number of piperidine rings is 1. The van der Waals surface area contributed by atoms with Gasteiger partial charge in [-0.05, 0) is 31.1 Å². The molecule has 0 radical (unpaired) electrons. The first-order valence-electron chi connectivity index (χ1n) is 8.81. The zero-order valence-electron chi connectivity index (χ0n) is 14.6. The van der Waals surface area contributed by atoms with Crippen molar-refractivity contribution in [2.24, 2.45) is 5.92 Å². The number of benzene rings is 1. The van der Waals surface area contributed by atoms with Crippen molar-refractivity contribution in [2.75, 3.05) is 37.7 Å². The molecule has 2 heterocycles. The van der Waals surface area contributed by atoms with Gasteiger partial charge in [0.2, 0.25) is 17.7 Å². The van der Waals surface area contributed by atoms with Crippen LogP contribution in [0, 0.1) is 5.92 Å². The number of para-hydroxylation sites is 2. The number of fused-ring (bicyclic) bond motifs is 1. The Morgan fingerprint density at radius 1 is 1.19 bits per heavy atom. The van der Waals surface area contributed by atoms with Crippen LogP contribution in [0.4, 0.5) is 5.69 Å². The van der Waals surface area contributed by atoms with Gasteiger partial charge >= 0.3 is 0 Å². The largest absolute Gasteiger partial charge is 0.490 e. The quantitative estimate of drug-likeness (QED) is 0.814. The highest BCUT2D eigenvalue weighted by molar-refractivity contribution is 5.98. The van der Waals surface area contributed by atoms with Crippen LogP contribution in [0.25, 0.3) is 0 Å². The first-order chi connectivity index (χ1) is 12.6. The van der Waals surface area contributed by atoms with E-state index in [0.717, 1.165) is 5.69 Å². The minimum absolute atomic E-state index is 0.0427. The molecule has 3 rings (SSSR count). The van der Waals surface area contributed by atoms with Crippen molar-refractivity contribution < 1.29 is 19.1 Å². The molecule has 1 N–H and O–H groups in total. The summed E-state index contributed by atoms with van der Waals surface area (Å²) in [6, 6.07) is 7.37. The van der Waals surface area contributed by atoms with Crippen LogP contribution in [0.15, 0.2) is 36.9 Å². The molecule has 138 valence electrons. The van der Waals surface area contributed by atoms with Crippen LogP contribution in [-0.2, 0) is 14.4 Å². The fourth-order valence-corrected chi connectivity index (χ4v) is 3.32. The first-order valence-corrected chi connectivity index (χ1v) is 8.81. The normalized spacial score (nSPS) is 17.1. The minimum atomic E-state index is -0.173. The van der Waals surface area contributed by atoms with Gasteiger partial charge < -0.3 is 19.9 Å². The van der Waals surface area contributed by atoms with Gasteiger partial charge in [0, 0.05) is 19.0 Å². The second kappa shape index (κ2) is 8.03. The lowest BCUT2D eigenvalue weighted by molar-refractivity contribution is -0.132. The van der Waals surface area contributed by atoms with E-state index in [1.807, 2.05) is 24.3 Å². The highest BCUT2D eigenvalue weighted by Gasteiger charge is 2.28. The molecule has 0 unspecified atom stereocenters. The third-order valence-electron chi connectivity index (χ3n) is 4.80. The lowest BCUT2D eigenvalue weighted by atomic mass is 9.96. The van der Waals surface area contributed by atoms with Gasteiger partial charge in [-0.15, -0.1) is 0 Å². The molecule has 2 aliphatic heterocycles. The maximum atomic E-state index is 12.5. The maximum absolute atomic E-state index is 12.5. The number of nitrogens with one attached hydrogen (secondary N) is 1. The van der Waals surface area contributed by atoms with Gasteiger partial charge in [-0.3, -0.25) is 14.4 Å². The first kappa shape index (κ1) is 18.0. The average molecular weight is 357 g/mol. The van der Waals surface area contributed by atoms with E-state index in [-0.39, 0.29) is 30.2 Å². The summed E-state index contributed by atoms with van der Waals surface area (Å²) in [6.07, 6.45) is 2.49. The summed E-state index contributed by atoms with van der Waals surface area (Å²) in [5.41, 5.74) is 0.731. The molecule has 26 heavy (non-hydrogen) atoms. The molecule has 1 saturated heterocycles. The third-order valence-corrected chi connectivity index (χ3v) is 4.80. The molecule has 2 aliphatic rings. The van der Waals surface area contributed by atoms with E-state index in [2.05, 4.69) is 11.9 Å². The van der Waals surface area contributed by atoms with E-state index in [9.17, 15) is 14.4 Å². The number of ether oxygens (including phenoxy) is 1. The Morgan fingerprint density at radius 3 is 2.65 bits per heavy atom. The number of hydrogen-bond acceptors (Lipinski definition) is 4. The second-order valence-electron chi connectivity index (χ2n) is 6.38. The van der Waals surface area contributed by atoms with Crippen LogP contribution in [0.3, 0.4) is 0 Å². The van der Waals surface area contributed by atoms with Gasteiger partial charge in [0.05, 0.1) is 18.8 Å². The Bertz CT molecular complexity index is 710. The lowest BCUT2D eigenvalue weighted by Crippen LogP contribution is -2.47. The molecule has 3 amide bonds. The van der Waals surface area contributed by atoms with Crippen LogP contribution in [-0.4, -0.2) is 55.4 Å². The van der Waals surface area contributed by atoms with Crippen molar-refractivity contribution >= 4 is 23.4 Å². The summed E-state index contributed by atoms with van der Waals surface area (Å²) in [5, 5.41) is 2.74. The van der Waals surface area contributed by atoms with Gasteiger partial charge in [0.1, 0.15) is 12.4 Å². The zero-order chi connectivity index (χ0) is 18.5. The second-order valence-corrected chi connectivity index (χ2v) is 6.38. The zero-order valence-corrected chi connectivity index (χ0v) is 14.6. The topological polar surface area (TPSA) is 79.0 Å². The molecule has 1 fully saturated rings. The van der Waals surface area contributed by atoms with E-state index < -0.39 is 0 Å². The Morgan fingerprint density at radius 2 is 1.92 bits per heavy atom. The van der Waals surface area contributed by atoms with Gasteiger partial charge in [-0.25, -0.2) is 0 Å². The maximum Gasteiger partial charge on any atom is 0.246 e. The summed E-state index contributed by atoms with van der Waals surface area (Å²) >= 11 is 0. The Hall–Kier alpha value is -2.83. The summed E-state index contributed by atoms with van der Waals surface area (Å²) in [6.45, 7) is 5.41. The number of amides is 3. The van der Waals surface area contributed by atoms with Crippen molar-refractivity contribution in [2.45, 2.75) is 12.8 Å². The van der Waals surface area contributed by atoms with Crippen LogP contribution < -0.4 is 15.0 Å². The molecule has 0 aliphatic carbocycles.